The number of halogens is 3. The molecular weight excluding hydrogens is 230 g/mol. The van der Waals surface area contributed by atoms with Crippen molar-refractivity contribution in [1.82, 2.24) is 0 Å². The van der Waals surface area contributed by atoms with E-state index in [1.165, 1.54) is 6.07 Å². The molecule has 0 radical (unpaired) electrons. The van der Waals surface area contributed by atoms with E-state index in [1.54, 1.807) is 13.0 Å². The normalized spacial score (nSPS) is 10.2. The topological polar surface area (TPSA) is 0 Å². The standard InChI is InChI=1S/C8H7BrClF/c1-5-2-7(10)6(4-9)3-8(5)11/h2-3H,4H2,1H3. The zero-order chi connectivity index (χ0) is 8.43. The molecule has 0 atom stereocenters. The number of hydrogen-bond acceptors (Lipinski definition) is 0. The number of hydrogen-bond donors (Lipinski definition) is 0. The Morgan fingerprint density at radius 2 is 2.18 bits per heavy atom. The van der Waals surface area contributed by atoms with E-state index in [-0.39, 0.29) is 5.82 Å². The Hall–Kier alpha value is -0.0800. The van der Waals surface area contributed by atoms with Crippen LogP contribution in [0.2, 0.25) is 5.02 Å². The fourth-order valence-corrected chi connectivity index (χ4v) is 1.70. The van der Waals surface area contributed by atoms with Crippen LogP contribution in [0, 0.1) is 12.7 Å². The number of benzene rings is 1. The third-order valence-electron chi connectivity index (χ3n) is 1.47. The summed E-state index contributed by atoms with van der Waals surface area (Å²) in [5.74, 6) is -0.205. The van der Waals surface area contributed by atoms with Crippen LogP contribution in [0.15, 0.2) is 12.1 Å². The molecule has 11 heavy (non-hydrogen) atoms. The molecule has 1 rings (SSSR count). The van der Waals surface area contributed by atoms with E-state index in [2.05, 4.69) is 15.9 Å². The second-order valence-electron chi connectivity index (χ2n) is 2.33. The molecule has 60 valence electrons. The van der Waals surface area contributed by atoms with Crippen molar-refractivity contribution >= 4 is 27.5 Å². The van der Waals surface area contributed by atoms with E-state index in [0.717, 1.165) is 5.56 Å². The zero-order valence-electron chi connectivity index (χ0n) is 6.00. The van der Waals surface area contributed by atoms with E-state index in [1.807, 2.05) is 0 Å². The Balaban J connectivity index is 3.21. The summed E-state index contributed by atoms with van der Waals surface area (Å²) in [5.41, 5.74) is 1.37. The lowest BCUT2D eigenvalue weighted by Gasteiger charge is -2.01. The molecule has 0 aliphatic heterocycles. The minimum Gasteiger partial charge on any atom is -0.207 e. The van der Waals surface area contributed by atoms with Crippen molar-refractivity contribution in [1.29, 1.82) is 0 Å². The average Bonchev–Trinajstić information content (AvgIpc) is 1.97. The van der Waals surface area contributed by atoms with Gasteiger partial charge < -0.3 is 0 Å². The molecule has 0 aliphatic rings. The summed E-state index contributed by atoms with van der Waals surface area (Å²) in [6.07, 6.45) is 0. The van der Waals surface area contributed by atoms with Crippen molar-refractivity contribution in [3.63, 3.8) is 0 Å². The molecule has 3 heteroatoms. The highest BCUT2D eigenvalue weighted by Crippen LogP contribution is 2.22. The fourth-order valence-electron chi connectivity index (χ4n) is 0.790. The van der Waals surface area contributed by atoms with Crippen molar-refractivity contribution in [2.24, 2.45) is 0 Å². The molecule has 1 aromatic rings. The van der Waals surface area contributed by atoms with Gasteiger partial charge in [-0.15, -0.1) is 0 Å². The highest BCUT2D eigenvalue weighted by molar-refractivity contribution is 9.08. The quantitative estimate of drug-likeness (QED) is 0.654. The van der Waals surface area contributed by atoms with Gasteiger partial charge in [-0.3, -0.25) is 0 Å². The third-order valence-corrected chi connectivity index (χ3v) is 2.43. The first kappa shape index (κ1) is 9.01. The second kappa shape index (κ2) is 3.55. The summed E-state index contributed by atoms with van der Waals surface area (Å²) < 4.78 is 12.9. The average molecular weight is 237 g/mol. The van der Waals surface area contributed by atoms with Crippen LogP contribution in [0.3, 0.4) is 0 Å². The van der Waals surface area contributed by atoms with Crippen LogP contribution < -0.4 is 0 Å². The molecule has 0 spiro atoms. The van der Waals surface area contributed by atoms with Gasteiger partial charge in [-0.25, -0.2) is 4.39 Å². The van der Waals surface area contributed by atoms with Crippen LogP contribution in [-0.2, 0) is 5.33 Å². The zero-order valence-corrected chi connectivity index (χ0v) is 8.34. The predicted octanol–water partition coefficient (Wildman–Crippen LogP) is 3.68. The van der Waals surface area contributed by atoms with Crippen molar-refractivity contribution in [3.8, 4) is 0 Å². The van der Waals surface area contributed by atoms with Crippen LogP contribution in [0.25, 0.3) is 0 Å². The summed E-state index contributed by atoms with van der Waals surface area (Å²) >= 11 is 9.02. The first-order valence-corrected chi connectivity index (χ1v) is 4.65. The van der Waals surface area contributed by atoms with Gasteiger partial charge in [0.2, 0.25) is 0 Å². The van der Waals surface area contributed by atoms with Crippen LogP contribution in [0.1, 0.15) is 11.1 Å². The van der Waals surface area contributed by atoms with Gasteiger partial charge >= 0.3 is 0 Å². The van der Waals surface area contributed by atoms with E-state index in [4.69, 9.17) is 11.6 Å². The Kier molecular flexibility index (Phi) is 2.90. The van der Waals surface area contributed by atoms with Gasteiger partial charge in [0.1, 0.15) is 5.82 Å². The molecule has 0 fully saturated rings. The van der Waals surface area contributed by atoms with Crippen LogP contribution >= 0.6 is 27.5 Å². The van der Waals surface area contributed by atoms with E-state index >= 15 is 0 Å². The molecule has 0 unspecified atom stereocenters. The molecule has 0 aromatic heterocycles. The first-order chi connectivity index (χ1) is 5.15. The Labute approximate surface area is 78.5 Å². The Morgan fingerprint density at radius 1 is 1.55 bits per heavy atom. The maximum atomic E-state index is 12.9. The summed E-state index contributed by atoms with van der Waals surface area (Å²) in [6.45, 7) is 1.69. The van der Waals surface area contributed by atoms with Crippen LogP contribution in [0.4, 0.5) is 4.39 Å². The molecular formula is C8H7BrClF. The van der Waals surface area contributed by atoms with Crippen LogP contribution in [-0.4, -0.2) is 0 Å². The highest BCUT2D eigenvalue weighted by atomic mass is 79.9. The molecule has 0 N–H and O–H groups in total. The molecule has 0 bridgehead atoms. The van der Waals surface area contributed by atoms with Gasteiger partial charge in [-0.2, -0.15) is 0 Å². The van der Waals surface area contributed by atoms with Crippen molar-refractivity contribution < 1.29 is 4.39 Å². The first-order valence-electron chi connectivity index (χ1n) is 3.15. The molecule has 1 aromatic carbocycles. The summed E-state index contributed by atoms with van der Waals surface area (Å²) in [4.78, 5) is 0. The second-order valence-corrected chi connectivity index (χ2v) is 3.29. The Morgan fingerprint density at radius 3 is 2.73 bits per heavy atom. The van der Waals surface area contributed by atoms with Crippen LogP contribution in [0.5, 0.6) is 0 Å². The smallest absolute Gasteiger partial charge is 0.126 e. The molecule has 0 nitrogen and oxygen atoms in total. The van der Waals surface area contributed by atoms with E-state index < -0.39 is 0 Å². The van der Waals surface area contributed by atoms with Gasteiger partial charge in [-0.1, -0.05) is 27.5 Å². The molecule has 0 saturated carbocycles. The lowest BCUT2D eigenvalue weighted by atomic mass is 10.1. The largest absolute Gasteiger partial charge is 0.207 e. The SMILES string of the molecule is Cc1cc(Cl)c(CBr)cc1F. The summed E-state index contributed by atoms with van der Waals surface area (Å²) in [6, 6.07) is 3.08. The molecule has 0 saturated heterocycles. The van der Waals surface area contributed by atoms with E-state index in [9.17, 15) is 4.39 Å². The van der Waals surface area contributed by atoms with Gasteiger partial charge in [-0.05, 0) is 30.2 Å². The molecule has 0 amide bonds. The maximum Gasteiger partial charge on any atom is 0.126 e. The number of aryl methyl sites for hydroxylation is 1. The van der Waals surface area contributed by atoms with Gasteiger partial charge in [0, 0.05) is 10.4 Å². The lowest BCUT2D eigenvalue weighted by Crippen LogP contribution is -1.86. The third kappa shape index (κ3) is 1.94. The lowest BCUT2D eigenvalue weighted by molar-refractivity contribution is 0.617. The van der Waals surface area contributed by atoms with Gasteiger partial charge in [0.15, 0.2) is 0 Å². The minimum atomic E-state index is -0.205. The molecule has 0 heterocycles. The van der Waals surface area contributed by atoms with E-state index in [0.29, 0.717) is 15.9 Å². The minimum absolute atomic E-state index is 0.205. The number of alkyl halides is 1. The van der Waals surface area contributed by atoms with Gasteiger partial charge in [0.25, 0.3) is 0 Å². The van der Waals surface area contributed by atoms with Gasteiger partial charge in [0.05, 0.1) is 0 Å². The van der Waals surface area contributed by atoms with Crippen molar-refractivity contribution in [3.05, 3.63) is 34.1 Å². The van der Waals surface area contributed by atoms with Crippen molar-refractivity contribution in [2.45, 2.75) is 12.3 Å². The number of rotatable bonds is 1. The molecule has 0 aliphatic carbocycles. The maximum absolute atomic E-state index is 12.9. The van der Waals surface area contributed by atoms with Crippen molar-refractivity contribution in [2.75, 3.05) is 0 Å². The predicted molar refractivity (Wildman–Crippen MR) is 48.8 cm³/mol. The fraction of sp³-hybridized carbons (Fsp3) is 0.250. The highest BCUT2D eigenvalue weighted by Gasteiger charge is 2.03. The Bertz CT molecular complexity index is 273. The summed E-state index contributed by atoms with van der Waals surface area (Å²) in [5, 5.41) is 1.20. The summed E-state index contributed by atoms with van der Waals surface area (Å²) in [7, 11) is 0. The monoisotopic (exact) mass is 236 g/mol.